The maximum Gasteiger partial charge on any atom is 0.123 e. The molecule has 12 heavy (non-hydrogen) atoms. The normalized spacial score (nSPS) is 31.0. The number of ether oxygens (including phenoxy) is 1. The molecule has 0 aromatic heterocycles. The Balaban J connectivity index is 2.09. The van der Waals surface area contributed by atoms with Crippen molar-refractivity contribution in [3.05, 3.63) is 29.8 Å². The molecule has 2 unspecified atom stereocenters. The number of hydrogen-bond acceptors (Lipinski definition) is 1. The summed E-state index contributed by atoms with van der Waals surface area (Å²) in [6, 6.07) is 8.47. The second-order valence-corrected chi connectivity index (χ2v) is 3.73. The van der Waals surface area contributed by atoms with Gasteiger partial charge in [0.25, 0.3) is 0 Å². The fraction of sp³-hybridized carbons (Fsp3) is 0.455. The number of benzene rings is 1. The summed E-state index contributed by atoms with van der Waals surface area (Å²) in [5.41, 5.74) is 1.44. The quantitative estimate of drug-likeness (QED) is 0.567. The van der Waals surface area contributed by atoms with Crippen LogP contribution in [0.4, 0.5) is 0 Å². The first-order valence-corrected chi connectivity index (χ1v) is 4.71. The Hall–Kier alpha value is -0.980. The van der Waals surface area contributed by atoms with Crippen LogP contribution in [0.15, 0.2) is 24.3 Å². The average molecular weight is 160 g/mol. The standard InChI is InChI=1S/C11H12O/c1-2-6-10-8(4-1)9-5-3-7-11(9)12-10/h1-2,4,6,9,11H,3,5,7H2. The average Bonchev–Trinajstić information content (AvgIpc) is 2.62. The Morgan fingerprint density at radius 2 is 2.08 bits per heavy atom. The van der Waals surface area contributed by atoms with E-state index < -0.39 is 0 Å². The Morgan fingerprint density at radius 3 is 3.08 bits per heavy atom. The summed E-state index contributed by atoms with van der Waals surface area (Å²) < 4.78 is 5.83. The lowest BCUT2D eigenvalue weighted by Crippen LogP contribution is -2.10. The summed E-state index contributed by atoms with van der Waals surface area (Å²) in [6.07, 6.45) is 4.41. The van der Waals surface area contributed by atoms with Gasteiger partial charge in [0, 0.05) is 11.5 Å². The first-order chi connectivity index (χ1) is 5.95. The summed E-state index contributed by atoms with van der Waals surface area (Å²) >= 11 is 0. The molecule has 1 aromatic carbocycles. The largest absolute Gasteiger partial charge is 0.489 e. The van der Waals surface area contributed by atoms with E-state index in [0.717, 1.165) is 5.75 Å². The van der Waals surface area contributed by atoms with Crippen molar-refractivity contribution in [1.29, 1.82) is 0 Å². The molecule has 62 valence electrons. The van der Waals surface area contributed by atoms with Crippen LogP contribution in [-0.2, 0) is 0 Å². The van der Waals surface area contributed by atoms with Gasteiger partial charge in [-0.3, -0.25) is 0 Å². The van der Waals surface area contributed by atoms with Gasteiger partial charge in [-0.25, -0.2) is 0 Å². The van der Waals surface area contributed by atoms with Gasteiger partial charge in [0.05, 0.1) is 0 Å². The first-order valence-electron chi connectivity index (χ1n) is 4.71. The molecule has 0 amide bonds. The molecule has 0 saturated heterocycles. The lowest BCUT2D eigenvalue weighted by atomic mass is 9.98. The Kier molecular flexibility index (Phi) is 1.23. The smallest absolute Gasteiger partial charge is 0.123 e. The van der Waals surface area contributed by atoms with Gasteiger partial charge in [-0.2, -0.15) is 0 Å². The van der Waals surface area contributed by atoms with Crippen LogP contribution in [0, 0.1) is 0 Å². The molecule has 2 aliphatic rings. The van der Waals surface area contributed by atoms with E-state index in [-0.39, 0.29) is 0 Å². The molecule has 1 fully saturated rings. The number of rotatable bonds is 0. The van der Waals surface area contributed by atoms with Crippen LogP contribution < -0.4 is 4.74 Å². The van der Waals surface area contributed by atoms with E-state index in [2.05, 4.69) is 24.3 Å². The summed E-state index contributed by atoms with van der Waals surface area (Å²) in [4.78, 5) is 0. The van der Waals surface area contributed by atoms with Gasteiger partial charge >= 0.3 is 0 Å². The van der Waals surface area contributed by atoms with Gasteiger partial charge < -0.3 is 4.74 Å². The zero-order valence-corrected chi connectivity index (χ0v) is 6.99. The van der Waals surface area contributed by atoms with E-state index >= 15 is 0 Å². The van der Waals surface area contributed by atoms with E-state index in [1.165, 1.54) is 24.8 Å². The molecule has 1 nitrogen and oxygen atoms in total. The van der Waals surface area contributed by atoms with Crippen LogP contribution in [0.5, 0.6) is 5.75 Å². The van der Waals surface area contributed by atoms with Crippen LogP contribution in [0.3, 0.4) is 0 Å². The molecule has 1 aromatic rings. The summed E-state index contributed by atoms with van der Waals surface area (Å²) in [5.74, 6) is 1.84. The summed E-state index contributed by atoms with van der Waals surface area (Å²) in [6.45, 7) is 0. The lowest BCUT2D eigenvalue weighted by molar-refractivity contribution is 0.225. The van der Waals surface area contributed by atoms with Crippen LogP contribution >= 0.6 is 0 Å². The fourth-order valence-electron chi connectivity index (χ4n) is 2.48. The van der Waals surface area contributed by atoms with Gasteiger partial charge in [-0.15, -0.1) is 0 Å². The fourth-order valence-corrected chi connectivity index (χ4v) is 2.48. The summed E-state index contributed by atoms with van der Waals surface area (Å²) in [5, 5.41) is 0. The van der Waals surface area contributed by atoms with E-state index in [1.54, 1.807) is 0 Å². The maximum absolute atomic E-state index is 5.83. The SMILES string of the molecule is c1ccc2c(c1)OC1CCCC21. The van der Waals surface area contributed by atoms with Crippen LogP contribution in [-0.4, -0.2) is 6.10 Å². The third kappa shape index (κ3) is 0.739. The van der Waals surface area contributed by atoms with E-state index in [0.29, 0.717) is 12.0 Å². The molecule has 0 spiro atoms. The second kappa shape index (κ2) is 2.25. The number of para-hydroxylation sites is 1. The highest BCUT2D eigenvalue weighted by Gasteiger charge is 2.37. The Morgan fingerprint density at radius 1 is 1.17 bits per heavy atom. The highest BCUT2D eigenvalue weighted by Crippen LogP contribution is 2.46. The molecule has 0 N–H and O–H groups in total. The molecule has 0 radical (unpaired) electrons. The maximum atomic E-state index is 5.83. The van der Waals surface area contributed by atoms with E-state index in [1.807, 2.05) is 0 Å². The van der Waals surface area contributed by atoms with Crippen LogP contribution in [0.2, 0.25) is 0 Å². The Labute approximate surface area is 72.4 Å². The highest BCUT2D eigenvalue weighted by atomic mass is 16.5. The second-order valence-electron chi connectivity index (χ2n) is 3.73. The van der Waals surface area contributed by atoms with Crippen LogP contribution in [0.1, 0.15) is 30.7 Å². The van der Waals surface area contributed by atoms with Gasteiger partial charge in [0.1, 0.15) is 11.9 Å². The van der Waals surface area contributed by atoms with Gasteiger partial charge in [0.2, 0.25) is 0 Å². The predicted octanol–water partition coefficient (Wildman–Crippen LogP) is 2.72. The van der Waals surface area contributed by atoms with Crippen molar-refractivity contribution in [1.82, 2.24) is 0 Å². The van der Waals surface area contributed by atoms with Crippen molar-refractivity contribution in [2.24, 2.45) is 0 Å². The minimum Gasteiger partial charge on any atom is -0.489 e. The zero-order valence-electron chi connectivity index (χ0n) is 6.99. The third-order valence-corrected chi connectivity index (χ3v) is 3.05. The van der Waals surface area contributed by atoms with Crippen molar-refractivity contribution < 1.29 is 4.74 Å². The molecule has 2 atom stereocenters. The monoisotopic (exact) mass is 160 g/mol. The number of hydrogen-bond donors (Lipinski definition) is 0. The third-order valence-electron chi connectivity index (χ3n) is 3.05. The van der Waals surface area contributed by atoms with Gasteiger partial charge in [-0.1, -0.05) is 18.2 Å². The molecule has 0 bridgehead atoms. The highest BCUT2D eigenvalue weighted by molar-refractivity contribution is 5.41. The molecule has 1 saturated carbocycles. The van der Waals surface area contributed by atoms with Crippen molar-refractivity contribution in [3.63, 3.8) is 0 Å². The predicted molar refractivity (Wildman–Crippen MR) is 47.5 cm³/mol. The Bertz CT molecular complexity index is 306. The zero-order chi connectivity index (χ0) is 7.97. The van der Waals surface area contributed by atoms with Crippen molar-refractivity contribution in [2.75, 3.05) is 0 Å². The first kappa shape index (κ1) is 6.53. The minimum atomic E-state index is 0.502. The lowest BCUT2D eigenvalue weighted by Gasteiger charge is -2.06. The van der Waals surface area contributed by atoms with Crippen molar-refractivity contribution in [3.8, 4) is 5.75 Å². The van der Waals surface area contributed by atoms with Crippen molar-refractivity contribution >= 4 is 0 Å². The van der Waals surface area contributed by atoms with Crippen molar-refractivity contribution in [2.45, 2.75) is 31.3 Å². The number of fused-ring (bicyclic) bond motifs is 3. The molecular formula is C11H12O. The van der Waals surface area contributed by atoms with E-state index in [4.69, 9.17) is 4.74 Å². The molecule has 1 heteroatoms. The molecule has 1 aliphatic carbocycles. The minimum absolute atomic E-state index is 0.502. The topological polar surface area (TPSA) is 9.23 Å². The molecule has 1 aliphatic heterocycles. The van der Waals surface area contributed by atoms with E-state index in [9.17, 15) is 0 Å². The summed E-state index contributed by atoms with van der Waals surface area (Å²) in [7, 11) is 0. The van der Waals surface area contributed by atoms with Gasteiger partial charge in [-0.05, 0) is 25.3 Å². The van der Waals surface area contributed by atoms with Gasteiger partial charge in [0.15, 0.2) is 0 Å². The molecule has 1 heterocycles. The molecular weight excluding hydrogens is 148 g/mol. The molecule has 3 rings (SSSR count). The van der Waals surface area contributed by atoms with Crippen LogP contribution in [0.25, 0.3) is 0 Å².